The summed E-state index contributed by atoms with van der Waals surface area (Å²) in [7, 11) is 0. The van der Waals surface area contributed by atoms with Gasteiger partial charge in [0.25, 0.3) is 5.91 Å². The molecule has 0 heterocycles. The van der Waals surface area contributed by atoms with Gasteiger partial charge in [0.15, 0.2) is 0 Å². The Bertz CT molecular complexity index is 1030. The summed E-state index contributed by atoms with van der Waals surface area (Å²) in [6.07, 6.45) is -0.637. The highest BCUT2D eigenvalue weighted by Crippen LogP contribution is 2.32. The molecule has 0 radical (unpaired) electrons. The molecule has 2 unspecified atom stereocenters. The lowest BCUT2D eigenvalue weighted by Gasteiger charge is -2.30. The highest BCUT2D eigenvalue weighted by atomic mass is 19.1. The fourth-order valence-corrected chi connectivity index (χ4v) is 3.42. The molecule has 32 heavy (non-hydrogen) atoms. The molecule has 3 aromatic rings. The van der Waals surface area contributed by atoms with Gasteiger partial charge in [0.05, 0.1) is 5.56 Å². The van der Waals surface area contributed by atoms with Crippen LogP contribution in [0.2, 0.25) is 0 Å². The van der Waals surface area contributed by atoms with E-state index in [-0.39, 0.29) is 29.9 Å². The zero-order valence-electron chi connectivity index (χ0n) is 17.9. The molecule has 0 bridgehead atoms. The molecule has 3 rings (SSSR count). The highest BCUT2D eigenvalue weighted by molar-refractivity contribution is 5.94. The molecule has 0 spiro atoms. The monoisotopic (exact) mass is 437 g/mol. The molecular weight excluding hydrogens is 412 g/mol. The van der Waals surface area contributed by atoms with Crippen molar-refractivity contribution < 1.29 is 23.1 Å². The van der Waals surface area contributed by atoms with E-state index in [0.29, 0.717) is 5.56 Å². The van der Waals surface area contributed by atoms with E-state index in [1.165, 1.54) is 48.5 Å². The molecule has 0 aliphatic heterocycles. The Morgan fingerprint density at radius 3 is 1.88 bits per heavy atom. The predicted molar refractivity (Wildman–Crippen MR) is 118 cm³/mol. The summed E-state index contributed by atoms with van der Waals surface area (Å²) in [6.45, 7) is 4.21. The third kappa shape index (κ3) is 6.00. The first kappa shape index (κ1) is 23.1. The lowest BCUT2D eigenvalue weighted by atomic mass is 9.86. The minimum atomic E-state index is -0.637. The summed E-state index contributed by atoms with van der Waals surface area (Å²) in [5.41, 5.74) is 1.37. The first-order chi connectivity index (χ1) is 15.3. The van der Waals surface area contributed by atoms with Gasteiger partial charge in [-0.3, -0.25) is 4.79 Å². The molecule has 1 amide bonds. The lowest BCUT2D eigenvalue weighted by Crippen LogP contribution is -2.36. The van der Waals surface area contributed by atoms with Crippen LogP contribution in [0.5, 0.6) is 0 Å². The van der Waals surface area contributed by atoms with Crippen molar-refractivity contribution in [2.24, 2.45) is 11.8 Å². The van der Waals surface area contributed by atoms with Gasteiger partial charge in [-0.15, -0.1) is 0 Å². The maximum atomic E-state index is 13.2. The number of benzene rings is 3. The van der Waals surface area contributed by atoms with E-state index in [9.17, 15) is 18.4 Å². The molecule has 0 aliphatic carbocycles. The first-order valence-corrected chi connectivity index (χ1v) is 10.4. The van der Waals surface area contributed by atoms with Crippen LogP contribution in [0.25, 0.3) is 0 Å². The smallest absolute Gasteiger partial charge is 0.338 e. The van der Waals surface area contributed by atoms with Crippen molar-refractivity contribution >= 4 is 11.9 Å². The Morgan fingerprint density at radius 1 is 0.812 bits per heavy atom. The molecule has 0 saturated carbocycles. The van der Waals surface area contributed by atoms with Crippen LogP contribution >= 0.6 is 0 Å². The maximum absolute atomic E-state index is 13.2. The van der Waals surface area contributed by atoms with Crippen LogP contribution in [0.4, 0.5) is 8.78 Å². The summed E-state index contributed by atoms with van der Waals surface area (Å²) < 4.78 is 32.3. The normalized spacial score (nSPS) is 12.8. The Morgan fingerprint density at radius 2 is 1.34 bits per heavy atom. The molecule has 0 aliphatic rings. The first-order valence-electron chi connectivity index (χ1n) is 10.4. The number of rotatable bonds is 8. The number of halogens is 2. The number of carbonyl (C=O) groups excluding carboxylic acids is 2. The number of ether oxygens (including phenoxy) is 1. The Labute approximate surface area is 186 Å². The van der Waals surface area contributed by atoms with Gasteiger partial charge in [0.1, 0.15) is 17.7 Å². The number of hydrogen-bond donors (Lipinski definition) is 1. The van der Waals surface area contributed by atoms with E-state index < -0.39 is 23.7 Å². The Balaban J connectivity index is 1.81. The Kier molecular flexibility index (Phi) is 7.71. The fraction of sp³-hybridized carbons (Fsp3) is 0.231. The van der Waals surface area contributed by atoms with Crippen molar-refractivity contribution in [3.8, 4) is 0 Å². The largest absolute Gasteiger partial charge is 0.454 e. The van der Waals surface area contributed by atoms with Crippen molar-refractivity contribution in [1.82, 2.24) is 5.32 Å². The van der Waals surface area contributed by atoms with Crippen LogP contribution in [-0.2, 0) is 4.74 Å². The summed E-state index contributed by atoms with van der Waals surface area (Å²) in [6, 6.07) is 19.7. The predicted octanol–water partition coefficient (Wildman–Crippen LogP) is 5.57. The zero-order valence-corrected chi connectivity index (χ0v) is 17.9. The van der Waals surface area contributed by atoms with Crippen molar-refractivity contribution in [3.63, 3.8) is 0 Å². The minimum absolute atomic E-state index is 0.0507. The van der Waals surface area contributed by atoms with Gasteiger partial charge >= 0.3 is 5.97 Å². The molecule has 0 fully saturated rings. The summed E-state index contributed by atoms with van der Waals surface area (Å²) in [5.74, 6) is -1.97. The number of amides is 1. The SMILES string of the molecule is CC(C)C(CNC(=O)c1ccc(F)cc1)C(OC(=O)c1ccc(F)cc1)c1ccccc1. The molecule has 0 saturated heterocycles. The van der Waals surface area contributed by atoms with Crippen molar-refractivity contribution in [3.05, 3.63) is 107 Å². The van der Waals surface area contributed by atoms with Crippen LogP contribution in [0.3, 0.4) is 0 Å². The van der Waals surface area contributed by atoms with Crippen LogP contribution < -0.4 is 5.32 Å². The second-order valence-corrected chi connectivity index (χ2v) is 7.87. The van der Waals surface area contributed by atoms with Crippen LogP contribution in [0.15, 0.2) is 78.9 Å². The molecule has 2 atom stereocenters. The number of carbonyl (C=O) groups is 2. The van der Waals surface area contributed by atoms with Gasteiger partial charge < -0.3 is 10.1 Å². The Hall–Kier alpha value is -3.54. The number of esters is 1. The average Bonchev–Trinajstić information content (AvgIpc) is 2.79. The van der Waals surface area contributed by atoms with Gasteiger partial charge in [-0.2, -0.15) is 0 Å². The maximum Gasteiger partial charge on any atom is 0.338 e. The minimum Gasteiger partial charge on any atom is -0.454 e. The van der Waals surface area contributed by atoms with Gasteiger partial charge in [0.2, 0.25) is 0 Å². The standard InChI is InChI=1S/C26H25F2NO3/c1-17(2)23(16-29-25(30)19-8-12-21(27)13-9-19)24(18-6-4-3-5-7-18)32-26(31)20-10-14-22(28)15-11-20/h3-15,17,23-24H,16H2,1-2H3,(H,29,30). The molecule has 3 aromatic carbocycles. The van der Waals surface area contributed by atoms with Gasteiger partial charge in [-0.1, -0.05) is 44.2 Å². The van der Waals surface area contributed by atoms with E-state index in [0.717, 1.165) is 5.56 Å². The van der Waals surface area contributed by atoms with Crippen molar-refractivity contribution in [1.29, 1.82) is 0 Å². The van der Waals surface area contributed by atoms with Crippen molar-refractivity contribution in [2.45, 2.75) is 20.0 Å². The topological polar surface area (TPSA) is 55.4 Å². The molecule has 0 aromatic heterocycles. The average molecular weight is 437 g/mol. The summed E-state index contributed by atoms with van der Waals surface area (Å²) >= 11 is 0. The third-order valence-corrected chi connectivity index (χ3v) is 5.29. The lowest BCUT2D eigenvalue weighted by molar-refractivity contribution is 0.00543. The van der Waals surface area contributed by atoms with Crippen LogP contribution in [0, 0.1) is 23.5 Å². The highest BCUT2D eigenvalue weighted by Gasteiger charge is 2.30. The summed E-state index contributed by atoms with van der Waals surface area (Å²) in [4.78, 5) is 25.3. The van der Waals surface area contributed by atoms with E-state index in [4.69, 9.17) is 4.74 Å². The van der Waals surface area contributed by atoms with Gasteiger partial charge in [-0.05, 0) is 60.0 Å². The van der Waals surface area contributed by atoms with Gasteiger partial charge in [0, 0.05) is 18.0 Å². The van der Waals surface area contributed by atoms with E-state index in [1.54, 1.807) is 0 Å². The summed E-state index contributed by atoms with van der Waals surface area (Å²) in [5, 5.41) is 2.87. The molecule has 4 nitrogen and oxygen atoms in total. The van der Waals surface area contributed by atoms with Crippen molar-refractivity contribution in [2.75, 3.05) is 6.54 Å². The second-order valence-electron chi connectivity index (χ2n) is 7.87. The molecule has 1 N–H and O–H groups in total. The quantitative estimate of drug-likeness (QED) is 0.469. The van der Waals surface area contributed by atoms with Crippen LogP contribution in [-0.4, -0.2) is 18.4 Å². The zero-order chi connectivity index (χ0) is 23.1. The molecule has 166 valence electrons. The van der Waals surface area contributed by atoms with Crippen LogP contribution in [0.1, 0.15) is 46.2 Å². The number of nitrogens with one attached hydrogen (secondary N) is 1. The van der Waals surface area contributed by atoms with Gasteiger partial charge in [-0.25, -0.2) is 13.6 Å². The third-order valence-electron chi connectivity index (χ3n) is 5.29. The number of hydrogen-bond acceptors (Lipinski definition) is 3. The van der Waals surface area contributed by atoms with E-state index in [2.05, 4.69) is 5.32 Å². The van der Waals surface area contributed by atoms with E-state index >= 15 is 0 Å². The molecule has 6 heteroatoms. The van der Waals surface area contributed by atoms with E-state index in [1.807, 2.05) is 44.2 Å². The second kappa shape index (κ2) is 10.7. The fourth-order valence-electron chi connectivity index (χ4n) is 3.42. The molecular formula is C26H25F2NO3.